The number of carbonyl (C=O) groups is 1. The molecule has 3 rings (SSSR count). The summed E-state index contributed by atoms with van der Waals surface area (Å²) in [6.45, 7) is 1.19. The van der Waals surface area contributed by atoms with Gasteiger partial charge in [0.05, 0.1) is 6.10 Å². The number of nitrogens with one attached hydrogen (secondary N) is 2. The molecule has 1 amide bonds. The average Bonchev–Trinajstić information content (AvgIpc) is 2.80. The Labute approximate surface area is 168 Å². The van der Waals surface area contributed by atoms with Crippen molar-refractivity contribution in [2.45, 2.75) is 31.4 Å². The van der Waals surface area contributed by atoms with E-state index in [2.05, 4.69) is 10.6 Å². The zero-order valence-corrected chi connectivity index (χ0v) is 16.0. The van der Waals surface area contributed by atoms with E-state index in [9.17, 15) is 18.7 Å². The van der Waals surface area contributed by atoms with E-state index in [0.29, 0.717) is 43.5 Å². The smallest absolute Gasteiger partial charge is 0.249 e. The first-order chi connectivity index (χ1) is 14.0. The maximum absolute atomic E-state index is 13.9. The number of allylic oxidation sites excluding steroid dienone is 3. The number of hydrogen-bond donors (Lipinski definition) is 4. The molecule has 2 aliphatic heterocycles. The molecule has 1 aromatic rings. The average molecular weight is 405 g/mol. The van der Waals surface area contributed by atoms with Crippen LogP contribution in [0.4, 0.5) is 8.78 Å². The summed E-state index contributed by atoms with van der Waals surface area (Å²) in [5.41, 5.74) is 6.77. The molecule has 0 saturated carbocycles. The quantitative estimate of drug-likeness (QED) is 0.579. The summed E-state index contributed by atoms with van der Waals surface area (Å²) < 4.78 is 33.0. The van der Waals surface area contributed by atoms with Gasteiger partial charge in [0.15, 0.2) is 11.6 Å². The molecule has 1 aromatic carbocycles. The number of aliphatic hydroxyl groups is 1. The number of halogens is 2. The van der Waals surface area contributed by atoms with E-state index in [4.69, 9.17) is 10.5 Å². The summed E-state index contributed by atoms with van der Waals surface area (Å²) in [6, 6.07) is 2.39. The monoisotopic (exact) mass is 405 g/mol. The summed E-state index contributed by atoms with van der Waals surface area (Å²) in [4.78, 5) is 11.6. The highest BCUT2D eigenvalue weighted by molar-refractivity contribution is 5.95. The standard InChI is InChI=1S/C21H25F2N3O3/c22-14-2-1-8-25-11-13(3-4-14)19(27)7-9-26-15-10-17-16(21(24)28)5-6-18(23)20(17)29-12-15/h1-2,4-6,11,15,19,25-27H,3,7-10,12H2,(H2,24,28)/b2-1-,13-11+,14-4+. The van der Waals surface area contributed by atoms with Crippen LogP contribution in [0.25, 0.3) is 0 Å². The molecular formula is C21H25F2N3O3. The van der Waals surface area contributed by atoms with E-state index < -0.39 is 17.8 Å². The Morgan fingerprint density at radius 3 is 3.03 bits per heavy atom. The van der Waals surface area contributed by atoms with Gasteiger partial charge >= 0.3 is 0 Å². The van der Waals surface area contributed by atoms with Crippen LogP contribution in [0, 0.1) is 5.82 Å². The minimum Gasteiger partial charge on any atom is -0.489 e. The Balaban J connectivity index is 1.56. The van der Waals surface area contributed by atoms with Gasteiger partial charge in [-0.1, -0.05) is 6.08 Å². The highest BCUT2D eigenvalue weighted by Gasteiger charge is 2.26. The van der Waals surface area contributed by atoms with Crippen molar-refractivity contribution in [1.29, 1.82) is 0 Å². The number of carbonyl (C=O) groups excluding carboxylic acids is 1. The minimum atomic E-state index is -0.743. The fourth-order valence-corrected chi connectivity index (χ4v) is 3.42. The van der Waals surface area contributed by atoms with Gasteiger partial charge in [-0.2, -0.15) is 0 Å². The van der Waals surface area contributed by atoms with Gasteiger partial charge in [-0.25, -0.2) is 8.78 Å². The van der Waals surface area contributed by atoms with Crippen LogP contribution in [-0.2, 0) is 6.42 Å². The Kier molecular flexibility index (Phi) is 7.00. The van der Waals surface area contributed by atoms with E-state index >= 15 is 0 Å². The Morgan fingerprint density at radius 1 is 1.41 bits per heavy atom. The molecule has 0 aromatic heterocycles. The number of primary amides is 1. The summed E-state index contributed by atoms with van der Waals surface area (Å²) >= 11 is 0. The second-order valence-electron chi connectivity index (χ2n) is 7.06. The highest BCUT2D eigenvalue weighted by Crippen LogP contribution is 2.31. The number of aliphatic hydroxyl groups excluding tert-OH is 1. The fraction of sp³-hybridized carbons (Fsp3) is 0.381. The van der Waals surface area contributed by atoms with Gasteiger partial charge in [0.2, 0.25) is 5.91 Å². The molecule has 8 heteroatoms. The lowest BCUT2D eigenvalue weighted by atomic mass is 9.96. The first kappa shape index (κ1) is 21.0. The molecule has 0 bridgehead atoms. The van der Waals surface area contributed by atoms with Crippen molar-refractivity contribution in [2.75, 3.05) is 19.7 Å². The van der Waals surface area contributed by atoms with Gasteiger partial charge in [-0.05, 0) is 61.9 Å². The van der Waals surface area contributed by atoms with Crippen LogP contribution < -0.4 is 21.1 Å². The van der Waals surface area contributed by atoms with E-state index in [1.54, 1.807) is 12.3 Å². The van der Waals surface area contributed by atoms with Crippen molar-refractivity contribution in [3.63, 3.8) is 0 Å². The normalized spacial score (nSPS) is 24.7. The molecule has 0 radical (unpaired) electrons. The third-order valence-electron chi connectivity index (χ3n) is 4.97. The molecule has 0 saturated heterocycles. The number of hydrogen-bond acceptors (Lipinski definition) is 5. The molecular weight excluding hydrogens is 380 g/mol. The van der Waals surface area contributed by atoms with Crippen LogP contribution in [0.2, 0.25) is 0 Å². The van der Waals surface area contributed by atoms with Crippen molar-refractivity contribution < 1.29 is 23.4 Å². The second-order valence-corrected chi connectivity index (χ2v) is 7.06. The van der Waals surface area contributed by atoms with E-state index in [1.165, 1.54) is 24.3 Å². The van der Waals surface area contributed by atoms with Gasteiger partial charge in [0, 0.05) is 23.7 Å². The molecule has 2 atom stereocenters. The third kappa shape index (κ3) is 5.42. The number of fused-ring (bicyclic) bond motifs is 1. The maximum atomic E-state index is 13.9. The number of nitrogens with two attached hydrogens (primary N) is 1. The zero-order chi connectivity index (χ0) is 20.8. The van der Waals surface area contributed by atoms with Crippen molar-refractivity contribution in [3.05, 3.63) is 64.9 Å². The molecule has 2 unspecified atom stereocenters. The van der Waals surface area contributed by atoms with Crippen LogP contribution in [0.1, 0.15) is 28.8 Å². The molecule has 29 heavy (non-hydrogen) atoms. The lowest BCUT2D eigenvalue weighted by Gasteiger charge is -2.28. The summed E-state index contributed by atoms with van der Waals surface area (Å²) in [5.74, 6) is -1.41. The van der Waals surface area contributed by atoms with E-state index in [1.807, 2.05) is 0 Å². The zero-order valence-electron chi connectivity index (χ0n) is 16.0. The predicted molar refractivity (Wildman–Crippen MR) is 106 cm³/mol. The molecule has 2 heterocycles. The maximum Gasteiger partial charge on any atom is 0.249 e. The molecule has 156 valence electrons. The molecule has 5 N–H and O–H groups in total. The topological polar surface area (TPSA) is 96.6 Å². The molecule has 6 nitrogen and oxygen atoms in total. The largest absolute Gasteiger partial charge is 0.489 e. The van der Waals surface area contributed by atoms with Crippen LogP contribution in [0.3, 0.4) is 0 Å². The number of amides is 1. The van der Waals surface area contributed by atoms with Gasteiger partial charge in [0.1, 0.15) is 12.4 Å². The molecule has 0 aliphatic carbocycles. The van der Waals surface area contributed by atoms with Crippen molar-refractivity contribution in [1.82, 2.24) is 10.6 Å². The Morgan fingerprint density at radius 2 is 2.24 bits per heavy atom. The van der Waals surface area contributed by atoms with Gasteiger partial charge in [-0.3, -0.25) is 4.79 Å². The highest BCUT2D eigenvalue weighted by atomic mass is 19.1. The van der Waals surface area contributed by atoms with Gasteiger partial charge in [0.25, 0.3) is 0 Å². The fourth-order valence-electron chi connectivity index (χ4n) is 3.42. The molecule has 2 aliphatic rings. The number of benzene rings is 1. The van der Waals surface area contributed by atoms with Gasteiger partial charge < -0.3 is 26.2 Å². The predicted octanol–water partition coefficient (Wildman–Crippen LogP) is 1.86. The first-order valence-corrected chi connectivity index (χ1v) is 9.55. The third-order valence-corrected chi connectivity index (χ3v) is 4.97. The van der Waals surface area contributed by atoms with Crippen LogP contribution in [0.5, 0.6) is 5.75 Å². The Bertz CT molecular complexity index is 852. The summed E-state index contributed by atoms with van der Waals surface area (Å²) in [7, 11) is 0. The number of ether oxygens (including phenoxy) is 1. The molecule has 0 spiro atoms. The van der Waals surface area contributed by atoms with Gasteiger partial charge in [-0.15, -0.1) is 0 Å². The molecule has 0 fully saturated rings. The van der Waals surface area contributed by atoms with Crippen LogP contribution in [0.15, 0.2) is 48.0 Å². The van der Waals surface area contributed by atoms with Crippen molar-refractivity contribution in [3.8, 4) is 5.75 Å². The van der Waals surface area contributed by atoms with Crippen LogP contribution >= 0.6 is 0 Å². The van der Waals surface area contributed by atoms with E-state index in [-0.39, 0.29) is 29.8 Å². The summed E-state index contributed by atoms with van der Waals surface area (Å²) in [5, 5.41) is 16.7. The van der Waals surface area contributed by atoms with E-state index in [0.717, 1.165) is 0 Å². The van der Waals surface area contributed by atoms with Crippen LogP contribution in [-0.4, -0.2) is 42.9 Å². The summed E-state index contributed by atoms with van der Waals surface area (Å²) in [6.07, 6.45) is 6.57. The lowest BCUT2D eigenvalue weighted by Crippen LogP contribution is -2.41. The number of rotatable bonds is 6. The lowest BCUT2D eigenvalue weighted by molar-refractivity contribution is 0.0997. The Hall–Kier alpha value is -2.71. The first-order valence-electron chi connectivity index (χ1n) is 9.55. The van der Waals surface area contributed by atoms with Crippen molar-refractivity contribution in [2.24, 2.45) is 5.73 Å². The second kappa shape index (κ2) is 9.67. The van der Waals surface area contributed by atoms with Crippen molar-refractivity contribution >= 4 is 5.91 Å². The SMILES string of the molecule is NC(=O)c1ccc(F)c2c1CC(NCCC(O)/C1=C/NC/C=C\C(F)=C/C1)CO2. The minimum absolute atomic E-state index is 0.0728.